The van der Waals surface area contributed by atoms with Crippen molar-refractivity contribution in [1.29, 1.82) is 5.26 Å². The number of anilines is 1. The van der Waals surface area contributed by atoms with Crippen molar-refractivity contribution in [3.8, 4) is 6.07 Å². The predicted molar refractivity (Wildman–Crippen MR) is 100 cm³/mol. The Kier molecular flexibility index (Phi) is 5.19. The zero-order valence-corrected chi connectivity index (χ0v) is 15.2. The zero-order valence-electron chi connectivity index (χ0n) is 14.4. The van der Waals surface area contributed by atoms with Crippen LogP contribution in [0.1, 0.15) is 28.3 Å². The summed E-state index contributed by atoms with van der Waals surface area (Å²) < 4.78 is 13.1. The first-order chi connectivity index (χ1) is 12.5. The molecule has 1 aromatic heterocycles. The molecule has 3 rings (SSSR count). The number of nitrogen functional groups attached to an aromatic ring is 1. The van der Waals surface area contributed by atoms with E-state index in [0.29, 0.717) is 21.3 Å². The van der Waals surface area contributed by atoms with Crippen LogP contribution in [0.15, 0.2) is 58.5 Å². The number of aryl methyl sites for hydroxylation is 2. The molecule has 0 aliphatic heterocycles. The van der Waals surface area contributed by atoms with Gasteiger partial charge in [-0.1, -0.05) is 30.0 Å². The van der Waals surface area contributed by atoms with Gasteiger partial charge in [0.05, 0.1) is 11.8 Å². The van der Waals surface area contributed by atoms with Gasteiger partial charge in [-0.3, -0.25) is 0 Å². The molecule has 0 saturated carbocycles. The number of halogens is 1. The molecule has 0 spiro atoms. The first kappa shape index (κ1) is 17.9. The second-order valence-electron chi connectivity index (χ2n) is 5.95. The normalized spacial score (nSPS) is 11.8. The number of nitriles is 1. The summed E-state index contributed by atoms with van der Waals surface area (Å²) in [5.41, 5.74) is 9.85. The molecule has 0 radical (unpaired) electrons. The number of hydrogen-bond acceptors (Lipinski definition) is 5. The monoisotopic (exact) mass is 364 g/mol. The molecular formula is C20H17FN4S. The number of nitrogens with zero attached hydrogens (tertiary/aromatic N) is 3. The molecule has 26 heavy (non-hydrogen) atoms. The second-order valence-corrected chi connectivity index (χ2v) is 7.01. The SMILES string of the molecule is Cc1cccc(C)c1C(C#N)c1ccc(Sc2ccc(F)cc2N)nn1. The van der Waals surface area contributed by atoms with E-state index < -0.39 is 5.92 Å². The Bertz CT molecular complexity index is 960. The lowest BCUT2D eigenvalue weighted by Crippen LogP contribution is -2.06. The van der Waals surface area contributed by atoms with E-state index in [2.05, 4.69) is 16.3 Å². The Morgan fingerprint density at radius 2 is 1.81 bits per heavy atom. The molecule has 2 N–H and O–H groups in total. The number of benzene rings is 2. The minimum atomic E-state index is -0.473. The van der Waals surface area contributed by atoms with Crippen LogP contribution >= 0.6 is 11.8 Å². The van der Waals surface area contributed by atoms with Crippen molar-refractivity contribution in [2.75, 3.05) is 5.73 Å². The summed E-state index contributed by atoms with van der Waals surface area (Å²) in [5, 5.41) is 18.8. The van der Waals surface area contributed by atoms with Gasteiger partial charge in [0, 0.05) is 10.6 Å². The van der Waals surface area contributed by atoms with Crippen molar-refractivity contribution in [2.45, 2.75) is 29.7 Å². The third-order valence-corrected chi connectivity index (χ3v) is 5.12. The highest BCUT2D eigenvalue weighted by Crippen LogP contribution is 2.32. The molecule has 3 aromatic rings. The Labute approximate surface area is 155 Å². The van der Waals surface area contributed by atoms with Crippen molar-refractivity contribution in [3.63, 3.8) is 0 Å². The molecule has 0 aliphatic carbocycles. The van der Waals surface area contributed by atoms with Crippen molar-refractivity contribution in [1.82, 2.24) is 10.2 Å². The zero-order chi connectivity index (χ0) is 18.7. The van der Waals surface area contributed by atoms with Crippen molar-refractivity contribution in [2.24, 2.45) is 0 Å². The molecule has 0 fully saturated rings. The van der Waals surface area contributed by atoms with Crippen LogP contribution in [0.3, 0.4) is 0 Å². The molecule has 1 heterocycles. The minimum Gasteiger partial charge on any atom is -0.398 e. The molecule has 1 unspecified atom stereocenters. The lowest BCUT2D eigenvalue weighted by atomic mass is 9.89. The highest BCUT2D eigenvalue weighted by Gasteiger charge is 2.19. The summed E-state index contributed by atoms with van der Waals surface area (Å²) in [6, 6.07) is 16.1. The molecular weight excluding hydrogens is 347 g/mol. The average molecular weight is 364 g/mol. The number of nitrogens with two attached hydrogens (primary N) is 1. The highest BCUT2D eigenvalue weighted by atomic mass is 32.2. The standard InChI is InChI=1S/C20H17FN4S/c1-12-4-3-5-13(2)20(12)15(11-22)17-7-9-19(25-24-17)26-18-8-6-14(21)10-16(18)23/h3-10,15H,23H2,1-2H3. The first-order valence-electron chi connectivity index (χ1n) is 8.02. The molecule has 0 aliphatic rings. The highest BCUT2D eigenvalue weighted by molar-refractivity contribution is 7.99. The van der Waals surface area contributed by atoms with Crippen molar-refractivity contribution in [3.05, 3.63) is 76.7 Å². The number of hydrogen-bond donors (Lipinski definition) is 1. The van der Waals surface area contributed by atoms with Gasteiger partial charge in [0.2, 0.25) is 0 Å². The van der Waals surface area contributed by atoms with Crippen molar-refractivity contribution < 1.29 is 4.39 Å². The van der Waals surface area contributed by atoms with E-state index in [4.69, 9.17) is 5.73 Å². The second kappa shape index (κ2) is 7.54. The topological polar surface area (TPSA) is 75.6 Å². The van der Waals surface area contributed by atoms with E-state index in [1.165, 1.54) is 23.9 Å². The molecule has 1 atom stereocenters. The molecule has 2 aromatic carbocycles. The summed E-state index contributed by atoms with van der Waals surface area (Å²) in [4.78, 5) is 0.708. The fourth-order valence-electron chi connectivity index (χ4n) is 2.82. The van der Waals surface area contributed by atoms with Gasteiger partial charge in [0.15, 0.2) is 0 Å². The van der Waals surface area contributed by atoms with Crippen LogP contribution in [0.2, 0.25) is 0 Å². The minimum absolute atomic E-state index is 0.353. The maximum atomic E-state index is 13.1. The summed E-state index contributed by atoms with van der Waals surface area (Å²) in [7, 11) is 0. The van der Waals surface area contributed by atoms with Crippen molar-refractivity contribution >= 4 is 17.4 Å². The van der Waals surface area contributed by atoms with Gasteiger partial charge >= 0.3 is 0 Å². The molecule has 0 bridgehead atoms. The van der Waals surface area contributed by atoms with Gasteiger partial charge in [0.25, 0.3) is 0 Å². The molecule has 130 valence electrons. The van der Waals surface area contributed by atoms with Gasteiger partial charge in [0.1, 0.15) is 16.8 Å². The van der Waals surface area contributed by atoms with Gasteiger partial charge in [-0.2, -0.15) is 10.4 Å². The van der Waals surface area contributed by atoms with Crippen LogP contribution in [-0.4, -0.2) is 10.2 Å². The van der Waals surface area contributed by atoms with Gasteiger partial charge in [-0.15, -0.1) is 5.10 Å². The Balaban J connectivity index is 1.88. The Morgan fingerprint density at radius 1 is 1.08 bits per heavy atom. The van der Waals surface area contributed by atoms with Crippen LogP contribution in [0.4, 0.5) is 10.1 Å². The largest absolute Gasteiger partial charge is 0.398 e. The van der Waals surface area contributed by atoms with Crippen LogP contribution in [0.25, 0.3) is 0 Å². The molecule has 6 heteroatoms. The first-order valence-corrected chi connectivity index (χ1v) is 8.83. The number of aromatic nitrogens is 2. The summed E-state index contributed by atoms with van der Waals surface area (Å²) >= 11 is 1.30. The van der Waals surface area contributed by atoms with E-state index in [1.807, 2.05) is 32.0 Å². The maximum absolute atomic E-state index is 13.1. The van der Waals surface area contributed by atoms with E-state index in [0.717, 1.165) is 16.7 Å². The summed E-state index contributed by atoms with van der Waals surface area (Å²) in [5.74, 6) is -0.850. The van der Waals surface area contributed by atoms with Gasteiger partial charge in [-0.05, 0) is 60.9 Å². The molecule has 0 saturated heterocycles. The van der Waals surface area contributed by atoms with E-state index in [9.17, 15) is 9.65 Å². The summed E-state index contributed by atoms with van der Waals surface area (Å²) in [6.07, 6.45) is 0. The summed E-state index contributed by atoms with van der Waals surface area (Å²) in [6.45, 7) is 3.98. The number of rotatable bonds is 4. The fourth-order valence-corrected chi connectivity index (χ4v) is 3.58. The predicted octanol–water partition coefficient (Wildman–Crippen LogP) is 4.62. The quantitative estimate of drug-likeness (QED) is 0.684. The van der Waals surface area contributed by atoms with E-state index in [-0.39, 0.29) is 5.82 Å². The average Bonchev–Trinajstić information content (AvgIpc) is 2.62. The van der Waals surface area contributed by atoms with E-state index in [1.54, 1.807) is 18.2 Å². The maximum Gasteiger partial charge on any atom is 0.125 e. The lowest BCUT2D eigenvalue weighted by Gasteiger charge is -2.14. The fraction of sp³-hybridized carbons (Fsp3) is 0.150. The Hall–Kier alpha value is -2.91. The van der Waals surface area contributed by atoms with E-state index >= 15 is 0 Å². The third-order valence-electron chi connectivity index (χ3n) is 4.10. The van der Waals surface area contributed by atoms with Gasteiger partial charge in [-0.25, -0.2) is 4.39 Å². The van der Waals surface area contributed by atoms with Crippen LogP contribution < -0.4 is 5.73 Å². The van der Waals surface area contributed by atoms with Crippen LogP contribution in [-0.2, 0) is 0 Å². The van der Waals surface area contributed by atoms with Gasteiger partial charge < -0.3 is 5.73 Å². The molecule has 4 nitrogen and oxygen atoms in total. The Morgan fingerprint density at radius 3 is 2.38 bits per heavy atom. The van der Waals surface area contributed by atoms with Crippen LogP contribution in [0, 0.1) is 31.0 Å². The smallest absolute Gasteiger partial charge is 0.125 e. The third kappa shape index (κ3) is 3.68. The lowest BCUT2D eigenvalue weighted by molar-refractivity contribution is 0.627. The molecule has 0 amide bonds. The van der Waals surface area contributed by atoms with Crippen LogP contribution in [0.5, 0.6) is 0 Å².